The van der Waals surface area contributed by atoms with Gasteiger partial charge >= 0.3 is 6.09 Å². The Morgan fingerprint density at radius 2 is 1.93 bits per heavy atom. The van der Waals surface area contributed by atoms with Crippen molar-refractivity contribution in [1.82, 2.24) is 19.4 Å². The van der Waals surface area contributed by atoms with Crippen molar-refractivity contribution >= 4 is 41.4 Å². The van der Waals surface area contributed by atoms with Gasteiger partial charge < -0.3 is 19.1 Å². The fourth-order valence-electron chi connectivity index (χ4n) is 3.11. The molecule has 1 aliphatic rings. The molecule has 0 N–H and O–H groups in total. The first-order valence-electron chi connectivity index (χ1n) is 9.22. The second kappa shape index (κ2) is 8.82. The van der Waals surface area contributed by atoms with E-state index in [2.05, 4.69) is 4.98 Å². The van der Waals surface area contributed by atoms with Crippen LogP contribution in [-0.4, -0.2) is 64.4 Å². The van der Waals surface area contributed by atoms with Crippen molar-refractivity contribution in [3.63, 3.8) is 0 Å². The van der Waals surface area contributed by atoms with Crippen molar-refractivity contribution in [3.8, 4) is 0 Å². The molecule has 3 heterocycles. The van der Waals surface area contributed by atoms with Gasteiger partial charge in [0.2, 0.25) is 6.41 Å². The van der Waals surface area contributed by atoms with E-state index in [1.165, 1.54) is 4.90 Å². The molecule has 2 aromatic heterocycles. The molecule has 0 saturated carbocycles. The number of aromatic nitrogens is 2. The van der Waals surface area contributed by atoms with Crippen LogP contribution in [0.1, 0.15) is 49.8 Å². The van der Waals surface area contributed by atoms with Crippen molar-refractivity contribution in [2.24, 2.45) is 0 Å². The third-order valence-electron chi connectivity index (χ3n) is 4.21. The summed E-state index contributed by atoms with van der Waals surface area (Å²) in [7, 11) is 3.38. The van der Waals surface area contributed by atoms with E-state index in [1.807, 2.05) is 32.3 Å². The molecule has 2 aromatic rings. The standard InChI is InChI=1S/C17H20ClN3O3.C3H7NO/c1-10-7-20(16(23)24-17(2,3)4)8-13-12(9-22)11-5-6-14(18)19-15(11)21(10)13;1-4(2)3-5/h5-6,9-10H,7-8H2,1-4H3;3H,1-2H3/t10-;/m1./s1. The predicted molar refractivity (Wildman–Crippen MR) is 111 cm³/mol. The Hall–Kier alpha value is -2.61. The molecule has 0 bridgehead atoms. The van der Waals surface area contributed by atoms with Gasteiger partial charge in [0.1, 0.15) is 16.4 Å². The van der Waals surface area contributed by atoms with Gasteiger partial charge in [-0.1, -0.05) is 11.6 Å². The molecule has 1 atom stereocenters. The first kappa shape index (κ1) is 22.7. The summed E-state index contributed by atoms with van der Waals surface area (Å²) in [5.74, 6) is 0. The number of fused-ring (bicyclic) bond motifs is 3. The van der Waals surface area contributed by atoms with Crippen LogP contribution in [0, 0.1) is 0 Å². The number of rotatable bonds is 2. The second-order valence-electron chi connectivity index (χ2n) is 8.13. The molecule has 2 amide bonds. The number of hydrogen-bond acceptors (Lipinski definition) is 5. The fraction of sp³-hybridized carbons (Fsp3) is 0.500. The zero-order valence-corrected chi connectivity index (χ0v) is 18.4. The minimum atomic E-state index is -0.562. The van der Waals surface area contributed by atoms with Crippen LogP contribution in [0.2, 0.25) is 5.15 Å². The second-order valence-corrected chi connectivity index (χ2v) is 8.52. The topological polar surface area (TPSA) is 84.7 Å². The summed E-state index contributed by atoms with van der Waals surface area (Å²) >= 11 is 6.02. The van der Waals surface area contributed by atoms with Gasteiger partial charge in [-0.2, -0.15) is 0 Å². The smallest absolute Gasteiger partial charge is 0.410 e. The fourth-order valence-corrected chi connectivity index (χ4v) is 3.25. The molecular formula is C20H27ClN4O4. The van der Waals surface area contributed by atoms with Gasteiger partial charge in [-0.3, -0.25) is 9.59 Å². The summed E-state index contributed by atoms with van der Waals surface area (Å²) in [5, 5.41) is 1.13. The van der Waals surface area contributed by atoms with Crippen LogP contribution < -0.4 is 0 Å². The number of aldehydes is 1. The number of ether oxygens (including phenoxy) is 1. The zero-order chi connectivity index (χ0) is 21.9. The van der Waals surface area contributed by atoms with Crippen LogP contribution in [0.3, 0.4) is 0 Å². The normalized spacial score (nSPS) is 15.8. The van der Waals surface area contributed by atoms with E-state index in [9.17, 15) is 14.4 Å². The van der Waals surface area contributed by atoms with Gasteiger partial charge in [0.05, 0.1) is 18.3 Å². The average Bonchev–Trinajstić information content (AvgIpc) is 2.93. The Balaban J connectivity index is 0.000000537. The maximum atomic E-state index is 12.4. The highest BCUT2D eigenvalue weighted by Crippen LogP contribution is 2.33. The number of carbonyl (C=O) groups excluding carboxylic acids is 3. The van der Waals surface area contributed by atoms with Crippen molar-refractivity contribution in [2.75, 3.05) is 20.6 Å². The first-order valence-corrected chi connectivity index (χ1v) is 9.60. The number of carbonyl (C=O) groups is 3. The molecule has 0 unspecified atom stereocenters. The highest BCUT2D eigenvalue weighted by molar-refractivity contribution is 6.29. The van der Waals surface area contributed by atoms with E-state index in [0.29, 0.717) is 29.5 Å². The zero-order valence-electron chi connectivity index (χ0n) is 17.6. The van der Waals surface area contributed by atoms with Crippen molar-refractivity contribution in [3.05, 3.63) is 28.5 Å². The SMILES string of the molecule is CN(C)C=O.C[C@@H]1CN(C(=O)OC(C)(C)C)Cc2c(C=O)c3ccc(Cl)nc3n21. The summed E-state index contributed by atoms with van der Waals surface area (Å²) in [6.45, 7) is 8.27. The van der Waals surface area contributed by atoms with Crippen molar-refractivity contribution in [2.45, 2.75) is 45.9 Å². The molecule has 9 heteroatoms. The van der Waals surface area contributed by atoms with Crippen LogP contribution in [0.25, 0.3) is 11.0 Å². The van der Waals surface area contributed by atoms with Crippen LogP contribution >= 0.6 is 11.6 Å². The molecular weight excluding hydrogens is 396 g/mol. The number of hydrogen-bond donors (Lipinski definition) is 0. The van der Waals surface area contributed by atoms with E-state index < -0.39 is 5.60 Å². The van der Waals surface area contributed by atoms with Gasteiger partial charge in [0, 0.05) is 31.6 Å². The molecule has 0 spiro atoms. The van der Waals surface area contributed by atoms with E-state index in [-0.39, 0.29) is 12.1 Å². The molecule has 1 aliphatic heterocycles. The molecule has 0 fully saturated rings. The lowest BCUT2D eigenvalue weighted by atomic mass is 10.1. The predicted octanol–water partition coefficient (Wildman–Crippen LogP) is 3.52. The number of halogens is 1. The Kier molecular flexibility index (Phi) is 6.89. The highest BCUT2D eigenvalue weighted by atomic mass is 35.5. The third-order valence-corrected chi connectivity index (χ3v) is 4.42. The molecule has 8 nitrogen and oxygen atoms in total. The van der Waals surface area contributed by atoms with Gasteiger partial charge in [0.15, 0.2) is 6.29 Å². The largest absolute Gasteiger partial charge is 0.444 e. The third kappa shape index (κ3) is 5.26. The Labute approximate surface area is 175 Å². The monoisotopic (exact) mass is 422 g/mol. The first-order chi connectivity index (χ1) is 13.5. The molecule has 0 saturated heterocycles. The molecule has 3 rings (SSSR count). The van der Waals surface area contributed by atoms with Gasteiger partial charge in [-0.15, -0.1) is 0 Å². The molecule has 158 valence electrons. The summed E-state index contributed by atoms with van der Waals surface area (Å²) in [4.78, 5) is 40.9. The molecule has 0 aliphatic carbocycles. The van der Waals surface area contributed by atoms with Crippen LogP contribution in [-0.2, 0) is 16.1 Å². The minimum Gasteiger partial charge on any atom is -0.444 e. The molecule has 0 aromatic carbocycles. The number of pyridine rings is 1. The van der Waals surface area contributed by atoms with E-state index in [0.717, 1.165) is 23.8 Å². The number of nitrogens with zero attached hydrogens (tertiary/aromatic N) is 4. The van der Waals surface area contributed by atoms with Crippen LogP contribution in [0.5, 0.6) is 0 Å². The maximum absolute atomic E-state index is 12.4. The van der Waals surface area contributed by atoms with Crippen LogP contribution in [0.15, 0.2) is 12.1 Å². The van der Waals surface area contributed by atoms with Crippen molar-refractivity contribution < 1.29 is 19.1 Å². The quantitative estimate of drug-likeness (QED) is 0.546. The number of amides is 2. The van der Waals surface area contributed by atoms with Gasteiger partial charge in [0.25, 0.3) is 0 Å². The average molecular weight is 423 g/mol. The van der Waals surface area contributed by atoms with E-state index >= 15 is 0 Å². The Morgan fingerprint density at radius 3 is 2.45 bits per heavy atom. The van der Waals surface area contributed by atoms with Gasteiger partial charge in [-0.25, -0.2) is 9.78 Å². The van der Waals surface area contributed by atoms with Gasteiger partial charge in [-0.05, 0) is 39.8 Å². The molecule has 0 radical (unpaired) electrons. The Morgan fingerprint density at radius 1 is 1.31 bits per heavy atom. The summed E-state index contributed by atoms with van der Waals surface area (Å²) < 4.78 is 7.45. The van der Waals surface area contributed by atoms with Crippen molar-refractivity contribution in [1.29, 1.82) is 0 Å². The lowest BCUT2D eigenvalue weighted by Crippen LogP contribution is -2.43. The highest BCUT2D eigenvalue weighted by Gasteiger charge is 2.32. The summed E-state index contributed by atoms with van der Waals surface area (Å²) in [5.41, 5.74) is 1.43. The lowest BCUT2D eigenvalue weighted by Gasteiger charge is -2.34. The summed E-state index contributed by atoms with van der Waals surface area (Å²) in [6, 6.07) is 3.42. The minimum absolute atomic E-state index is 0.0385. The van der Waals surface area contributed by atoms with E-state index in [4.69, 9.17) is 16.3 Å². The molecule has 29 heavy (non-hydrogen) atoms. The van der Waals surface area contributed by atoms with E-state index in [1.54, 1.807) is 31.1 Å². The Bertz CT molecular complexity index is 917. The van der Waals surface area contributed by atoms with Crippen LogP contribution in [0.4, 0.5) is 4.79 Å². The summed E-state index contributed by atoms with van der Waals surface area (Å²) in [6.07, 6.45) is 1.18. The maximum Gasteiger partial charge on any atom is 0.410 e. The lowest BCUT2D eigenvalue weighted by molar-refractivity contribution is -0.115.